The van der Waals surface area contributed by atoms with E-state index in [9.17, 15) is 15.0 Å². The Bertz CT molecular complexity index is 898. The molecule has 0 spiro atoms. The van der Waals surface area contributed by atoms with Gasteiger partial charge in [0.05, 0.1) is 12.2 Å². The van der Waals surface area contributed by atoms with Crippen molar-refractivity contribution in [1.29, 1.82) is 0 Å². The van der Waals surface area contributed by atoms with Crippen molar-refractivity contribution >= 4 is 5.78 Å². The minimum Gasteiger partial charge on any atom is -0.393 e. The van der Waals surface area contributed by atoms with Crippen LogP contribution in [0.4, 0.5) is 0 Å². The van der Waals surface area contributed by atoms with E-state index in [4.69, 9.17) is 0 Å². The lowest BCUT2D eigenvalue weighted by molar-refractivity contribution is -0.157. The van der Waals surface area contributed by atoms with Gasteiger partial charge in [-0.15, -0.1) is 0 Å². The van der Waals surface area contributed by atoms with Crippen LogP contribution >= 0.6 is 0 Å². The molecule has 3 aliphatic rings. The number of carbonyl (C=O) groups excluding carboxylic acids is 1. The third kappa shape index (κ3) is 4.60. The van der Waals surface area contributed by atoms with Crippen molar-refractivity contribution in [1.82, 2.24) is 0 Å². The van der Waals surface area contributed by atoms with E-state index in [0.29, 0.717) is 30.5 Å². The van der Waals surface area contributed by atoms with Crippen LogP contribution in [0.5, 0.6) is 0 Å². The molecule has 0 aromatic heterocycles. The number of hydrogen-bond acceptors (Lipinski definition) is 3. The van der Waals surface area contributed by atoms with Gasteiger partial charge in [0.1, 0.15) is 0 Å². The van der Waals surface area contributed by atoms with E-state index in [0.717, 1.165) is 42.4 Å². The van der Waals surface area contributed by atoms with E-state index >= 15 is 0 Å². The van der Waals surface area contributed by atoms with Crippen LogP contribution in [0.3, 0.4) is 0 Å². The largest absolute Gasteiger partial charge is 0.393 e. The molecule has 3 fully saturated rings. The highest BCUT2D eigenvalue weighted by Gasteiger charge is 2.64. The van der Waals surface area contributed by atoms with Gasteiger partial charge in [-0.25, -0.2) is 0 Å². The molecule has 3 rings (SSSR count). The fourth-order valence-electron chi connectivity index (χ4n) is 7.65. The zero-order valence-corrected chi connectivity index (χ0v) is 22.2. The summed E-state index contributed by atoms with van der Waals surface area (Å²) in [4.78, 5) is 13.4. The number of allylic oxidation sites excluding steroid dienone is 6. The van der Waals surface area contributed by atoms with Crippen LogP contribution in [0.25, 0.3) is 0 Å². The number of Topliss-reactive ketones (excluding diaryl/α,β-unsaturated/α-hetero) is 1. The van der Waals surface area contributed by atoms with Gasteiger partial charge in [-0.2, -0.15) is 0 Å². The van der Waals surface area contributed by atoms with Gasteiger partial charge in [-0.1, -0.05) is 57.6 Å². The molecule has 0 saturated heterocycles. The van der Waals surface area contributed by atoms with E-state index in [1.54, 1.807) is 0 Å². The molecule has 33 heavy (non-hydrogen) atoms. The first-order valence-corrected chi connectivity index (χ1v) is 12.8. The summed E-state index contributed by atoms with van der Waals surface area (Å²) >= 11 is 0. The second kappa shape index (κ2) is 9.30. The molecule has 0 aromatic rings. The Morgan fingerprint density at radius 1 is 1.06 bits per heavy atom. The van der Waals surface area contributed by atoms with E-state index in [1.807, 2.05) is 32.9 Å². The number of aliphatic hydroxyl groups is 2. The zero-order chi connectivity index (χ0) is 24.8. The number of ketones is 1. The Hall–Kier alpha value is -1.45. The molecule has 3 aliphatic carbocycles. The second-order valence-corrected chi connectivity index (χ2v) is 12.4. The number of carbonyl (C=O) groups is 1. The third-order valence-corrected chi connectivity index (χ3v) is 9.64. The topological polar surface area (TPSA) is 57.5 Å². The average Bonchev–Trinajstić information content (AvgIpc) is 3.00. The van der Waals surface area contributed by atoms with Crippen LogP contribution in [0, 0.1) is 28.1 Å². The summed E-state index contributed by atoms with van der Waals surface area (Å²) in [5.74, 6) is 1.09. The number of rotatable bonds is 5. The standard InChI is InChI=1S/C30H46O3/c1-19(2)12-13-22(31)20(3)10-9-11-21(4)27-23(32)18-25-29(7)17-15-26(33)28(5,6)24(29)14-16-30(25,27)8/h9-12,22,24-26,31,33H,13-18H2,1-8H3/b11-9+,20-10+,27-21-/t22-,24-,25-,26-,29-,30-/m0/s1. The smallest absolute Gasteiger partial charge is 0.160 e. The Kier molecular flexibility index (Phi) is 7.37. The summed E-state index contributed by atoms with van der Waals surface area (Å²) < 4.78 is 0. The van der Waals surface area contributed by atoms with Gasteiger partial charge in [0.2, 0.25) is 0 Å². The maximum Gasteiger partial charge on any atom is 0.160 e. The highest BCUT2D eigenvalue weighted by Crippen LogP contribution is 2.69. The molecule has 0 unspecified atom stereocenters. The summed E-state index contributed by atoms with van der Waals surface area (Å²) in [6.45, 7) is 17.3. The molecular weight excluding hydrogens is 408 g/mol. The van der Waals surface area contributed by atoms with Crippen molar-refractivity contribution in [2.45, 2.75) is 106 Å². The Labute approximate surface area is 201 Å². The monoisotopic (exact) mass is 454 g/mol. The molecule has 3 heteroatoms. The van der Waals surface area contributed by atoms with E-state index in [2.05, 4.69) is 46.8 Å². The Morgan fingerprint density at radius 3 is 2.36 bits per heavy atom. The van der Waals surface area contributed by atoms with E-state index < -0.39 is 6.10 Å². The van der Waals surface area contributed by atoms with Gasteiger partial charge in [-0.05, 0) is 93.6 Å². The lowest BCUT2D eigenvalue weighted by atomic mass is 9.43. The molecule has 0 bridgehead atoms. The van der Waals surface area contributed by atoms with Crippen molar-refractivity contribution in [3.63, 3.8) is 0 Å². The van der Waals surface area contributed by atoms with Crippen molar-refractivity contribution in [2.24, 2.45) is 28.1 Å². The molecule has 0 aromatic carbocycles. The van der Waals surface area contributed by atoms with Crippen LogP contribution in [0.2, 0.25) is 0 Å². The van der Waals surface area contributed by atoms with Crippen molar-refractivity contribution < 1.29 is 15.0 Å². The highest BCUT2D eigenvalue weighted by molar-refractivity contribution is 6.00. The lowest BCUT2D eigenvalue weighted by Gasteiger charge is -2.62. The molecule has 3 nitrogen and oxygen atoms in total. The number of fused-ring (bicyclic) bond motifs is 3. The maximum absolute atomic E-state index is 13.4. The first-order valence-electron chi connectivity index (χ1n) is 12.8. The van der Waals surface area contributed by atoms with Crippen molar-refractivity contribution in [3.8, 4) is 0 Å². The van der Waals surface area contributed by atoms with Crippen LogP contribution < -0.4 is 0 Å². The van der Waals surface area contributed by atoms with Gasteiger partial charge in [0.15, 0.2) is 5.78 Å². The minimum absolute atomic E-state index is 0.0860. The Morgan fingerprint density at radius 2 is 1.73 bits per heavy atom. The van der Waals surface area contributed by atoms with Crippen molar-refractivity contribution in [2.75, 3.05) is 0 Å². The highest BCUT2D eigenvalue weighted by atomic mass is 16.3. The number of hydrogen-bond donors (Lipinski definition) is 2. The van der Waals surface area contributed by atoms with Crippen LogP contribution in [-0.4, -0.2) is 28.2 Å². The molecule has 2 N–H and O–H groups in total. The van der Waals surface area contributed by atoms with Crippen LogP contribution in [0.15, 0.2) is 46.6 Å². The average molecular weight is 455 g/mol. The fourth-order valence-corrected chi connectivity index (χ4v) is 7.65. The summed E-state index contributed by atoms with van der Waals surface area (Å²) in [7, 11) is 0. The normalized spacial score (nSPS) is 38.7. The fraction of sp³-hybridized carbons (Fsp3) is 0.700. The SMILES string of the molecule is CC(C)=CC[C@H](O)/C(C)=C/C=C/C(C)=C1/C(=O)C[C@H]2[C@@]3(C)CC[C@H](O)C(C)(C)[C@@H]3CC[C@]12C. The molecule has 184 valence electrons. The van der Waals surface area contributed by atoms with Gasteiger partial charge < -0.3 is 10.2 Å². The summed E-state index contributed by atoms with van der Waals surface area (Å²) in [6, 6.07) is 0. The summed E-state index contributed by atoms with van der Waals surface area (Å²) in [6.07, 6.45) is 12.5. The third-order valence-electron chi connectivity index (χ3n) is 9.64. The van der Waals surface area contributed by atoms with Crippen molar-refractivity contribution in [3.05, 3.63) is 46.6 Å². The predicted octanol–water partition coefficient (Wildman–Crippen LogP) is 6.72. The van der Waals surface area contributed by atoms with Gasteiger partial charge in [-0.3, -0.25) is 4.79 Å². The molecule has 0 aliphatic heterocycles. The van der Waals surface area contributed by atoms with E-state index in [-0.39, 0.29) is 22.3 Å². The minimum atomic E-state index is -0.479. The quantitative estimate of drug-likeness (QED) is 0.275. The first-order chi connectivity index (χ1) is 15.2. The molecule has 0 radical (unpaired) electrons. The summed E-state index contributed by atoms with van der Waals surface area (Å²) in [5, 5.41) is 21.1. The maximum atomic E-state index is 13.4. The second-order valence-electron chi connectivity index (χ2n) is 12.4. The molecule has 6 atom stereocenters. The first kappa shape index (κ1) is 26.2. The molecule has 0 heterocycles. The molecule has 3 saturated carbocycles. The van der Waals surface area contributed by atoms with Crippen LogP contribution in [-0.2, 0) is 4.79 Å². The zero-order valence-electron chi connectivity index (χ0n) is 22.2. The Balaban J connectivity index is 1.87. The molecular formula is C30H46O3. The van der Waals surface area contributed by atoms with Gasteiger partial charge in [0.25, 0.3) is 0 Å². The van der Waals surface area contributed by atoms with E-state index in [1.165, 1.54) is 5.57 Å². The number of aliphatic hydroxyl groups excluding tert-OH is 2. The predicted molar refractivity (Wildman–Crippen MR) is 137 cm³/mol. The van der Waals surface area contributed by atoms with Gasteiger partial charge in [0, 0.05) is 17.4 Å². The summed E-state index contributed by atoms with van der Waals surface area (Å²) in [5.41, 5.74) is 4.10. The molecule has 0 amide bonds. The van der Waals surface area contributed by atoms with Crippen LogP contribution in [0.1, 0.15) is 93.9 Å². The van der Waals surface area contributed by atoms with Gasteiger partial charge >= 0.3 is 0 Å². The lowest BCUT2D eigenvalue weighted by Crippen LogP contribution is -2.57.